The van der Waals surface area contributed by atoms with E-state index in [1.54, 1.807) is 23.7 Å². The molecule has 150 valence electrons. The van der Waals surface area contributed by atoms with E-state index in [-0.39, 0.29) is 13.2 Å². The maximum absolute atomic E-state index is 14.1. The number of nitrogens with zero attached hydrogens (tertiary/aromatic N) is 1. The van der Waals surface area contributed by atoms with Crippen LogP contribution < -0.4 is 4.74 Å². The fourth-order valence-electron chi connectivity index (χ4n) is 3.37. The van der Waals surface area contributed by atoms with E-state index >= 15 is 0 Å². The lowest BCUT2D eigenvalue weighted by atomic mass is 10.1. The molecule has 0 saturated carbocycles. The number of rotatable bonds is 4. The Hall–Kier alpha value is -3.29. The van der Waals surface area contributed by atoms with Gasteiger partial charge in [0.1, 0.15) is 18.2 Å². The van der Waals surface area contributed by atoms with Crippen molar-refractivity contribution < 1.29 is 23.4 Å². The molecule has 1 unspecified atom stereocenters. The number of thiazole rings is 1. The van der Waals surface area contributed by atoms with Gasteiger partial charge in [0.2, 0.25) is 6.29 Å². The van der Waals surface area contributed by atoms with Crippen LogP contribution in [0.25, 0.3) is 10.2 Å². The van der Waals surface area contributed by atoms with E-state index in [0.29, 0.717) is 22.4 Å². The first-order valence-electron chi connectivity index (χ1n) is 9.32. The Bertz CT molecular complexity index is 1220. The highest BCUT2D eigenvalue weighted by Gasteiger charge is 2.25. The number of esters is 1. The van der Waals surface area contributed by atoms with Crippen molar-refractivity contribution in [2.45, 2.75) is 19.5 Å². The average molecular weight is 421 g/mol. The minimum atomic E-state index is -0.604. The number of fused-ring (bicyclic) bond motifs is 2. The predicted octanol–water partition coefficient (Wildman–Crippen LogP) is 5.40. The zero-order valence-corrected chi connectivity index (χ0v) is 16.5. The molecule has 3 aromatic carbocycles. The van der Waals surface area contributed by atoms with Crippen LogP contribution in [0.2, 0.25) is 0 Å². The molecule has 5 nitrogen and oxygen atoms in total. The number of aromatic nitrogens is 1. The van der Waals surface area contributed by atoms with E-state index in [4.69, 9.17) is 14.2 Å². The maximum atomic E-state index is 14.1. The normalized spacial score (nSPS) is 15.4. The molecule has 1 aromatic heterocycles. The Kier molecular flexibility index (Phi) is 4.90. The van der Waals surface area contributed by atoms with Gasteiger partial charge in [0.05, 0.1) is 27.9 Å². The van der Waals surface area contributed by atoms with Crippen molar-refractivity contribution in [3.05, 3.63) is 94.2 Å². The fourth-order valence-corrected chi connectivity index (χ4v) is 4.08. The largest absolute Gasteiger partial charge is 0.460 e. The monoisotopic (exact) mass is 421 g/mol. The van der Waals surface area contributed by atoms with Gasteiger partial charge in [-0.2, -0.15) is 0 Å². The van der Waals surface area contributed by atoms with Crippen molar-refractivity contribution in [2.24, 2.45) is 0 Å². The summed E-state index contributed by atoms with van der Waals surface area (Å²) in [7, 11) is 0. The van der Waals surface area contributed by atoms with Gasteiger partial charge in [-0.3, -0.25) is 0 Å². The second kappa shape index (κ2) is 7.85. The van der Waals surface area contributed by atoms with E-state index in [2.05, 4.69) is 4.98 Å². The molecule has 5 rings (SSSR count). The fraction of sp³-hybridized carbons (Fsp3) is 0.130. The Balaban J connectivity index is 1.37. The van der Waals surface area contributed by atoms with Gasteiger partial charge in [-0.25, -0.2) is 14.2 Å². The summed E-state index contributed by atoms with van der Waals surface area (Å²) in [5.74, 6) is -0.437. The quantitative estimate of drug-likeness (QED) is 0.413. The highest BCUT2D eigenvalue weighted by molar-refractivity contribution is 7.16. The second-order valence-corrected chi connectivity index (χ2v) is 7.72. The number of hydrogen-bond donors (Lipinski definition) is 0. The first-order chi connectivity index (χ1) is 14.7. The molecule has 0 bridgehead atoms. The van der Waals surface area contributed by atoms with Crippen LogP contribution in [0.4, 0.5) is 4.39 Å². The van der Waals surface area contributed by atoms with Gasteiger partial charge < -0.3 is 14.2 Å². The van der Waals surface area contributed by atoms with E-state index in [1.807, 2.05) is 30.3 Å². The molecule has 0 saturated heterocycles. The van der Waals surface area contributed by atoms with Crippen LogP contribution in [-0.2, 0) is 22.7 Å². The Labute approximate surface area is 175 Å². The summed E-state index contributed by atoms with van der Waals surface area (Å²) in [4.78, 5) is 16.7. The molecular formula is C23H16FNO4S. The Morgan fingerprint density at radius 3 is 2.90 bits per heavy atom. The lowest BCUT2D eigenvalue weighted by Gasteiger charge is -2.28. The molecule has 0 aliphatic carbocycles. The molecule has 1 aliphatic heterocycles. The molecule has 0 radical (unpaired) electrons. The van der Waals surface area contributed by atoms with Crippen LogP contribution in [0.3, 0.4) is 0 Å². The van der Waals surface area contributed by atoms with Crippen molar-refractivity contribution in [3.8, 4) is 5.75 Å². The summed E-state index contributed by atoms with van der Waals surface area (Å²) >= 11 is 1.45. The van der Waals surface area contributed by atoms with Gasteiger partial charge in [0, 0.05) is 16.7 Å². The average Bonchev–Trinajstić information content (AvgIpc) is 3.25. The van der Waals surface area contributed by atoms with Gasteiger partial charge in [0.25, 0.3) is 0 Å². The lowest BCUT2D eigenvalue weighted by Crippen LogP contribution is -2.20. The van der Waals surface area contributed by atoms with Crippen LogP contribution in [-0.4, -0.2) is 11.0 Å². The van der Waals surface area contributed by atoms with Crippen molar-refractivity contribution >= 4 is 27.5 Å². The Morgan fingerprint density at radius 2 is 2.03 bits per heavy atom. The van der Waals surface area contributed by atoms with Crippen molar-refractivity contribution in [3.63, 3.8) is 0 Å². The topological polar surface area (TPSA) is 57.7 Å². The number of ether oxygens (including phenoxy) is 3. The van der Waals surface area contributed by atoms with Crippen LogP contribution in [0, 0.1) is 5.82 Å². The third-order valence-corrected chi connectivity index (χ3v) is 5.61. The van der Waals surface area contributed by atoms with Crippen molar-refractivity contribution in [1.29, 1.82) is 0 Å². The molecule has 1 atom stereocenters. The summed E-state index contributed by atoms with van der Waals surface area (Å²) in [6.45, 7) is 0.0941. The molecule has 0 amide bonds. The van der Waals surface area contributed by atoms with Gasteiger partial charge in [-0.15, -0.1) is 11.3 Å². The summed E-state index contributed by atoms with van der Waals surface area (Å²) in [6, 6.07) is 17.4. The molecule has 0 spiro atoms. The van der Waals surface area contributed by atoms with Gasteiger partial charge in [-0.1, -0.05) is 30.3 Å². The first-order valence-corrected chi connectivity index (χ1v) is 10.2. The minimum absolute atomic E-state index is 0.110. The van der Waals surface area contributed by atoms with Gasteiger partial charge in [0.15, 0.2) is 0 Å². The van der Waals surface area contributed by atoms with E-state index in [1.165, 1.54) is 23.5 Å². The van der Waals surface area contributed by atoms with Gasteiger partial charge in [-0.05, 0) is 30.3 Å². The molecule has 2 heterocycles. The number of carbonyl (C=O) groups excluding carboxylic acids is 1. The third-order valence-electron chi connectivity index (χ3n) is 4.82. The summed E-state index contributed by atoms with van der Waals surface area (Å²) in [6.07, 6.45) is -0.604. The van der Waals surface area contributed by atoms with Crippen molar-refractivity contribution in [1.82, 2.24) is 4.98 Å². The number of halogens is 1. The minimum Gasteiger partial charge on any atom is -0.460 e. The van der Waals surface area contributed by atoms with E-state index < -0.39 is 18.1 Å². The highest BCUT2D eigenvalue weighted by Crippen LogP contribution is 2.37. The second-order valence-electron chi connectivity index (χ2n) is 6.84. The number of hydrogen-bond acceptors (Lipinski definition) is 6. The summed E-state index contributed by atoms with van der Waals surface area (Å²) in [5.41, 5.74) is 4.87. The van der Waals surface area contributed by atoms with E-state index in [9.17, 15) is 9.18 Å². The van der Waals surface area contributed by atoms with Crippen LogP contribution in [0.1, 0.15) is 33.3 Å². The number of benzene rings is 3. The van der Waals surface area contributed by atoms with E-state index in [0.717, 1.165) is 15.8 Å². The SMILES string of the molecule is O=C(OCc1cc(F)cc2c1OC(c1ccccc1)OC2)c1ccc2ncsc2c1. The van der Waals surface area contributed by atoms with Crippen molar-refractivity contribution in [2.75, 3.05) is 0 Å². The third kappa shape index (κ3) is 3.65. The maximum Gasteiger partial charge on any atom is 0.338 e. The molecule has 4 aromatic rings. The number of carbonyl (C=O) groups is 1. The molecule has 7 heteroatoms. The molecule has 30 heavy (non-hydrogen) atoms. The van der Waals surface area contributed by atoms with Crippen LogP contribution >= 0.6 is 11.3 Å². The molecule has 0 N–H and O–H groups in total. The molecular weight excluding hydrogens is 405 g/mol. The van der Waals surface area contributed by atoms with Gasteiger partial charge >= 0.3 is 5.97 Å². The first kappa shape index (κ1) is 18.7. The van der Waals surface area contributed by atoms with Crippen LogP contribution in [0.15, 0.2) is 66.2 Å². The van der Waals surface area contributed by atoms with Crippen LogP contribution in [0.5, 0.6) is 5.75 Å². The zero-order valence-electron chi connectivity index (χ0n) is 15.7. The molecule has 1 aliphatic rings. The summed E-state index contributed by atoms with van der Waals surface area (Å²) < 4.78 is 32.2. The standard InChI is InChI=1S/C23H16FNO4S/c24-18-8-16(11-27-22(26)15-6-7-19-20(10-15)30-13-25-19)21-17(9-18)12-28-23(29-21)14-4-2-1-3-5-14/h1-10,13,23H,11-12H2. The predicted molar refractivity (Wildman–Crippen MR) is 110 cm³/mol. The smallest absolute Gasteiger partial charge is 0.338 e. The highest BCUT2D eigenvalue weighted by atomic mass is 32.1. The molecule has 0 fully saturated rings. The summed E-state index contributed by atoms with van der Waals surface area (Å²) in [5, 5.41) is 0. The lowest BCUT2D eigenvalue weighted by molar-refractivity contribution is -0.112. The zero-order chi connectivity index (χ0) is 20.5. The Morgan fingerprint density at radius 1 is 1.17 bits per heavy atom.